The van der Waals surface area contributed by atoms with E-state index >= 15 is 0 Å². The third-order valence-electron chi connectivity index (χ3n) is 3.20. The van der Waals surface area contributed by atoms with Gasteiger partial charge in [-0.1, -0.05) is 0 Å². The molecule has 1 N–H and O–H groups in total. The lowest BCUT2D eigenvalue weighted by atomic mass is 10.1. The molecule has 1 heterocycles. The van der Waals surface area contributed by atoms with Crippen LogP contribution < -0.4 is 0 Å². The Morgan fingerprint density at radius 1 is 1.32 bits per heavy atom. The van der Waals surface area contributed by atoms with Crippen LogP contribution in [0.25, 0.3) is 0 Å². The minimum Gasteiger partial charge on any atom is -0.480 e. The molecule has 0 bridgehead atoms. The summed E-state index contributed by atoms with van der Waals surface area (Å²) >= 11 is 0. The lowest BCUT2D eigenvalue weighted by Crippen LogP contribution is -2.40. The third-order valence-corrected chi connectivity index (χ3v) is 3.20. The maximum Gasteiger partial charge on any atom is 0.323 e. The highest BCUT2D eigenvalue weighted by atomic mass is 16.5. The van der Waals surface area contributed by atoms with Crippen molar-refractivity contribution in [2.24, 2.45) is 0 Å². The molecule has 0 saturated carbocycles. The number of hydrogen-bond donors (Lipinski definition) is 1. The zero-order valence-corrected chi connectivity index (χ0v) is 11.8. The molecule has 0 aromatic rings. The number of carboxylic acids is 1. The number of ether oxygens (including phenoxy) is 1. The molecule has 1 aliphatic rings. The van der Waals surface area contributed by atoms with Gasteiger partial charge in [0.15, 0.2) is 0 Å². The van der Waals surface area contributed by atoms with Gasteiger partial charge < -0.3 is 19.6 Å². The van der Waals surface area contributed by atoms with Gasteiger partial charge in [-0.2, -0.15) is 0 Å². The normalized spacial score (nSPS) is 18.8. The predicted molar refractivity (Wildman–Crippen MR) is 71.0 cm³/mol. The van der Waals surface area contributed by atoms with Gasteiger partial charge in [0.25, 0.3) is 0 Å². The van der Waals surface area contributed by atoms with E-state index in [-0.39, 0.29) is 18.6 Å². The number of carbonyl (C=O) groups excluding carboxylic acids is 1. The van der Waals surface area contributed by atoms with Crippen molar-refractivity contribution in [1.82, 2.24) is 9.80 Å². The SMILES string of the molecule is CN(C)CCN(CC(=O)O)C(=O)CCC1CCCO1. The smallest absolute Gasteiger partial charge is 0.323 e. The molecule has 1 rings (SSSR count). The van der Waals surface area contributed by atoms with Crippen LogP contribution in [0.15, 0.2) is 0 Å². The van der Waals surface area contributed by atoms with Crippen LogP contribution in [0.4, 0.5) is 0 Å². The summed E-state index contributed by atoms with van der Waals surface area (Å²) in [5, 5.41) is 8.85. The molecule has 1 aliphatic heterocycles. The van der Waals surface area contributed by atoms with Crippen molar-refractivity contribution >= 4 is 11.9 Å². The molecule has 1 fully saturated rings. The fraction of sp³-hybridized carbons (Fsp3) is 0.846. The number of carboxylic acid groups (broad SMARTS) is 1. The Balaban J connectivity index is 2.37. The van der Waals surface area contributed by atoms with Crippen LogP contribution in [0, 0.1) is 0 Å². The van der Waals surface area contributed by atoms with Crippen LogP contribution in [0.1, 0.15) is 25.7 Å². The molecule has 0 aromatic heterocycles. The van der Waals surface area contributed by atoms with Crippen LogP contribution in [-0.2, 0) is 14.3 Å². The summed E-state index contributed by atoms with van der Waals surface area (Å²) in [5.74, 6) is -1.07. The van der Waals surface area contributed by atoms with Crippen LogP contribution >= 0.6 is 0 Å². The predicted octanol–water partition coefficient (Wildman–Crippen LogP) is 0.420. The highest BCUT2D eigenvalue weighted by molar-refractivity contribution is 5.81. The van der Waals surface area contributed by atoms with E-state index in [0.717, 1.165) is 19.4 Å². The number of amides is 1. The standard InChI is InChI=1S/C13H24N2O4/c1-14(2)7-8-15(10-13(17)18)12(16)6-5-11-4-3-9-19-11/h11H,3-10H2,1-2H3,(H,17,18). The van der Waals surface area contributed by atoms with E-state index < -0.39 is 5.97 Å². The summed E-state index contributed by atoms with van der Waals surface area (Å²) in [7, 11) is 3.80. The zero-order valence-electron chi connectivity index (χ0n) is 11.8. The van der Waals surface area contributed by atoms with Gasteiger partial charge in [0, 0.05) is 26.1 Å². The molecular formula is C13H24N2O4. The number of aliphatic carboxylic acids is 1. The largest absolute Gasteiger partial charge is 0.480 e. The molecule has 6 nitrogen and oxygen atoms in total. The first kappa shape index (κ1) is 15.9. The molecular weight excluding hydrogens is 248 g/mol. The highest BCUT2D eigenvalue weighted by Crippen LogP contribution is 2.17. The van der Waals surface area contributed by atoms with Crippen LogP contribution in [0.5, 0.6) is 0 Å². The van der Waals surface area contributed by atoms with Crippen LogP contribution in [0.3, 0.4) is 0 Å². The van der Waals surface area contributed by atoms with Crippen molar-refractivity contribution in [3.8, 4) is 0 Å². The molecule has 19 heavy (non-hydrogen) atoms. The second-order valence-corrected chi connectivity index (χ2v) is 5.19. The van der Waals surface area contributed by atoms with Crippen molar-refractivity contribution in [3.63, 3.8) is 0 Å². The van der Waals surface area contributed by atoms with E-state index in [1.807, 2.05) is 19.0 Å². The monoisotopic (exact) mass is 272 g/mol. The van der Waals surface area contributed by atoms with Gasteiger partial charge in [-0.25, -0.2) is 0 Å². The van der Waals surface area contributed by atoms with Crippen molar-refractivity contribution in [1.29, 1.82) is 0 Å². The number of hydrogen-bond acceptors (Lipinski definition) is 4. The summed E-state index contributed by atoms with van der Waals surface area (Å²) in [4.78, 5) is 26.2. The zero-order chi connectivity index (χ0) is 14.3. The van der Waals surface area contributed by atoms with Crippen molar-refractivity contribution in [2.75, 3.05) is 40.3 Å². The quantitative estimate of drug-likeness (QED) is 0.693. The average molecular weight is 272 g/mol. The Kier molecular flexibility index (Phi) is 6.80. The number of rotatable bonds is 8. The molecule has 0 radical (unpaired) electrons. The molecule has 1 saturated heterocycles. The molecule has 1 atom stereocenters. The van der Waals surface area contributed by atoms with Crippen molar-refractivity contribution in [2.45, 2.75) is 31.8 Å². The molecule has 0 spiro atoms. The Morgan fingerprint density at radius 3 is 2.58 bits per heavy atom. The van der Waals surface area contributed by atoms with E-state index in [9.17, 15) is 9.59 Å². The Bertz CT molecular complexity index is 301. The summed E-state index contributed by atoms with van der Waals surface area (Å²) in [5.41, 5.74) is 0. The molecule has 110 valence electrons. The first-order chi connectivity index (χ1) is 8.99. The van der Waals surface area contributed by atoms with Gasteiger partial charge in [-0.05, 0) is 33.4 Å². The Labute approximate surface area is 114 Å². The molecule has 1 unspecified atom stereocenters. The van der Waals surface area contributed by atoms with Gasteiger partial charge >= 0.3 is 5.97 Å². The molecule has 0 aliphatic carbocycles. The fourth-order valence-corrected chi connectivity index (χ4v) is 2.09. The number of carbonyl (C=O) groups is 2. The summed E-state index contributed by atoms with van der Waals surface area (Å²) in [6.45, 7) is 1.67. The average Bonchev–Trinajstić information content (AvgIpc) is 2.83. The summed E-state index contributed by atoms with van der Waals surface area (Å²) < 4.78 is 5.47. The highest BCUT2D eigenvalue weighted by Gasteiger charge is 2.20. The lowest BCUT2D eigenvalue weighted by molar-refractivity contribution is -0.144. The minimum absolute atomic E-state index is 0.0975. The van der Waals surface area contributed by atoms with E-state index in [2.05, 4.69) is 0 Å². The number of likely N-dealkylation sites (N-methyl/N-ethyl adjacent to an activating group) is 1. The van der Waals surface area contributed by atoms with E-state index in [1.54, 1.807) is 0 Å². The maximum absolute atomic E-state index is 12.0. The summed E-state index contributed by atoms with van der Waals surface area (Å²) in [6, 6.07) is 0. The van der Waals surface area contributed by atoms with Crippen LogP contribution in [0.2, 0.25) is 0 Å². The fourth-order valence-electron chi connectivity index (χ4n) is 2.09. The first-order valence-electron chi connectivity index (χ1n) is 6.75. The van der Waals surface area contributed by atoms with E-state index in [1.165, 1.54) is 4.90 Å². The molecule has 1 amide bonds. The maximum atomic E-state index is 12.0. The molecule has 6 heteroatoms. The third kappa shape index (κ3) is 6.54. The minimum atomic E-state index is -0.968. The van der Waals surface area contributed by atoms with Crippen molar-refractivity contribution in [3.05, 3.63) is 0 Å². The van der Waals surface area contributed by atoms with E-state index in [4.69, 9.17) is 9.84 Å². The second-order valence-electron chi connectivity index (χ2n) is 5.19. The molecule has 0 aromatic carbocycles. The van der Waals surface area contributed by atoms with Crippen molar-refractivity contribution < 1.29 is 19.4 Å². The second kappa shape index (κ2) is 8.12. The topological polar surface area (TPSA) is 70.1 Å². The van der Waals surface area contributed by atoms with Gasteiger partial charge in [0.2, 0.25) is 5.91 Å². The van der Waals surface area contributed by atoms with Crippen LogP contribution in [-0.4, -0.2) is 73.2 Å². The first-order valence-corrected chi connectivity index (χ1v) is 6.75. The van der Waals surface area contributed by atoms with Gasteiger partial charge in [-0.3, -0.25) is 9.59 Å². The number of nitrogens with zero attached hydrogens (tertiary/aromatic N) is 2. The Morgan fingerprint density at radius 2 is 2.05 bits per heavy atom. The lowest BCUT2D eigenvalue weighted by Gasteiger charge is -2.23. The van der Waals surface area contributed by atoms with Gasteiger partial charge in [0.1, 0.15) is 6.54 Å². The van der Waals surface area contributed by atoms with E-state index in [0.29, 0.717) is 25.9 Å². The van der Waals surface area contributed by atoms with Gasteiger partial charge in [-0.15, -0.1) is 0 Å². The Hall–Kier alpha value is -1.14. The summed E-state index contributed by atoms with van der Waals surface area (Å²) in [6.07, 6.45) is 3.29. The van der Waals surface area contributed by atoms with Gasteiger partial charge in [0.05, 0.1) is 6.10 Å².